The number of esters is 1. The van der Waals surface area contributed by atoms with Crippen LogP contribution in [0.5, 0.6) is 0 Å². The number of rotatable bonds is 2. The Kier molecular flexibility index (Phi) is 3.63. The van der Waals surface area contributed by atoms with Crippen molar-refractivity contribution in [1.82, 2.24) is 0 Å². The highest BCUT2D eigenvalue weighted by atomic mass is 35.5. The first-order valence-electron chi connectivity index (χ1n) is 7.46. The fourth-order valence-electron chi connectivity index (χ4n) is 2.58. The lowest BCUT2D eigenvalue weighted by Gasteiger charge is -1.99. The van der Waals surface area contributed by atoms with E-state index in [1.165, 1.54) is 0 Å². The number of ether oxygens (including phenoxy) is 1. The van der Waals surface area contributed by atoms with E-state index in [-0.39, 0.29) is 5.70 Å². The van der Waals surface area contributed by atoms with Crippen LogP contribution >= 0.6 is 11.6 Å². The predicted molar refractivity (Wildman–Crippen MR) is 96.0 cm³/mol. The molecule has 0 radical (unpaired) electrons. The first-order valence-corrected chi connectivity index (χ1v) is 7.84. The van der Waals surface area contributed by atoms with Gasteiger partial charge in [0, 0.05) is 10.6 Å². The van der Waals surface area contributed by atoms with E-state index < -0.39 is 5.97 Å². The highest BCUT2D eigenvalue weighted by Gasteiger charge is 2.24. The Morgan fingerprint density at radius 1 is 0.917 bits per heavy atom. The average Bonchev–Trinajstić information content (AvgIpc) is 2.96. The summed E-state index contributed by atoms with van der Waals surface area (Å²) in [5, 5.41) is 2.88. The van der Waals surface area contributed by atoms with Gasteiger partial charge in [-0.25, -0.2) is 9.79 Å². The van der Waals surface area contributed by atoms with Crippen LogP contribution in [0.4, 0.5) is 0 Å². The van der Waals surface area contributed by atoms with Crippen LogP contribution in [-0.2, 0) is 9.53 Å². The molecule has 1 aliphatic rings. The summed E-state index contributed by atoms with van der Waals surface area (Å²) in [6, 6.07) is 21.1. The fourth-order valence-corrected chi connectivity index (χ4v) is 2.71. The van der Waals surface area contributed by atoms with Gasteiger partial charge < -0.3 is 4.74 Å². The van der Waals surface area contributed by atoms with Crippen molar-refractivity contribution in [3.05, 3.63) is 88.6 Å². The van der Waals surface area contributed by atoms with Gasteiger partial charge in [0.05, 0.1) is 0 Å². The van der Waals surface area contributed by atoms with Crippen LogP contribution in [0.2, 0.25) is 5.02 Å². The summed E-state index contributed by atoms with van der Waals surface area (Å²) in [7, 11) is 0. The highest BCUT2D eigenvalue weighted by molar-refractivity contribution is 6.30. The molecule has 0 aliphatic carbocycles. The lowest BCUT2D eigenvalue weighted by atomic mass is 10.1. The summed E-state index contributed by atoms with van der Waals surface area (Å²) in [5.74, 6) is -0.156. The Balaban J connectivity index is 1.70. The number of hydrogen-bond donors (Lipinski definition) is 0. The van der Waals surface area contributed by atoms with Crippen LogP contribution in [0.15, 0.2) is 77.4 Å². The second-order valence-electron chi connectivity index (χ2n) is 5.45. The molecule has 3 aromatic carbocycles. The Morgan fingerprint density at radius 3 is 2.46 bits per heavy atom. The number of aliphatic imine (C=N–C) groups is 1. The van der Waals surface area contributed by atoms with Crippen molar-refractivity contribution >= 4 is 40.3 Å². The van der Waals surface area contributed by atoms with Crippen LogP contribution in [0, 0.1) is 0 Å². The van der Waals surface area contributed by atoms with Gasteiger partial charge in [-0.3, -0.25) is 0 Å². The van der Waals surface area contributed by atoms with Gasteiger partial charge >= 0.3 is 5.97 Å². The molecule has 116 valence electrons. The summed E-state index contributed by atoms with van der Waals surface area (Å²) in [5.41, 5.74) is 1.91. The number of nitrogens with zero attached hydrogens (tertiary/aromatic N) is 1. The van der Waals surface area contributed by atoms with E-state index >= 15 is 0 Å². The number of fused-ring (bicyclic) bond motifs is 1. The zero-order valence-corrected chi connectivity index (χ0v) is 13.3. The lowest BCUT2D eigenvalue weighted by molar-refractivity contribution is -0.129. The smallest absolute Gasteiger partial charge is 0.363 e. The van der Waals surface area contributed by atoms with Gasteiger partial charge in [0.15, 0.2) is 5.70 Å². The summed E-state index contributed by atoms with van der Waals surface area (Å²) >= 11 is 5.87. The van der Waals surface area contributed by atoms with E-state index in [9.17, 15) is 4.79 Å². The molecule has 0 amide bonds. The molecular weight excluding hydrogens is 322 g/mol. The molecule has 1 heterocycles. The summed E-state index contributed by atoms with van der Waals surface area (Å²) in [4.78, 5) is 16.4. The molecule has 0 saturated heterocycles. The van der Waals surface area contributed by atoms with Crippen LogP contribution < -0.4 is 0 Å². The molecule has 0 unspecified atom stereocenters. The van der Waals surface area contributed by atoms with E-state index in [1.54, 1.807) is 30.3 Å². The maximum absolute atomic E-state index is 12.1. The van der Waals surface area contributed by atoms with Gasteiger partial charge in [-0.2, -0.15) is 0 Å². The van der Waals surface area contributed by atoms with Gasteiger partial charge in [-0.15, -0.1) is 0 Å². The van der Waals surface area contributed by atoms with Gasteiger partial charge in [0.2, 0.25) is 5.90 Å². The van der Waals surface area contributed by atoms with Gasteiger partial charge in [0.25, 0.3) is 0 Å². The minimum atomic E-state index is -0.451. The molecule has 0 aromatic heterocycles. The quantitative estimate of drug-likeness (QED) is 0.497. The SMILES string of the molecule is O=C1OC(c2ccc(Cl)cc2)=NC1=Cc1ccc2ccccc2c1. The summed E-state index contributed by atoms with van der Waals surface area (Å²) in [6.45, 7) is 0. The number of cyclic esters (lactones) is 1. The first-order chi connectivity index (χ1) is 11.7. The molecular formula is C20H12ClNO2. The molecule has 0 atom stereocenters. The Bertz CT molecular complexity index is 1000. The standard InChI is InChI=1S/C20H12ClNO2/c21-17-9-7-15(8-10-17)19-22-18(20(23)24-19)12-13-5-6-14-3-1-2-4-16(14)11-13/h1-12H. The molecule has 0 bridgehead atoms. The second-order valence-corrected chi connectivity index (χ2v) is 5.89. The van der Waals surface area contributed by atoms with Crippen molar-refractivity contribution in [2.24, 2.45) is 4.99 Å². The van der Waals surface area contributed by atoms with Crippen molar-refractivity contribution < 1.29 is 9.53 Å². The third-order valence-electron chi connectivity index (χ3n) is 3.79. The van der Waals surface area contributed by atoms with Crippen LogP contribution in [0.1, 0.15) is 11.1 Å². The molecule has 1 aliphatic heterocycles. The van der Waals surface area contributed by atoms with Gasteiger partial charge in [-0.05, 0) is 52.7 Å². The Labute approximate surface area is 143 Å². The van der Waals surface area contributed by atoms with Crippen molar-refractivity contribution in [2.45, 2.75) is 0 Å². The molecule has 4 heteroatoms. The van der Waals surface area contributed by atoms with E-state index in [1.807, 2.05) is 42.5 Å². The number of halogens is 1. The molecule has 0 saturated carbocycles. The number of benzene rings is 3. The Hall–Kier alpha value is -2.91. The van der Waals surface area contributed by atoms with Crippen molar-refractivity contribution in [2.75, 3.05) is 0 Å². The van der Waals surface area contributed by atoms with Gasteiger partial charge in [0.1, 0.15) is 0 Å². The average molecular weight is 334 g/mol. The molecule has 0 fully saturated rings. The molecule has 3 nitrogen and oxygen atoms in total. The lowest BCUT2D eigenvalue weighted by Crippen LogP contribution is -2.05. The van der Waals surface area contributed by atoms with Crippen molar-refractivity contribution in [3.8, 4) is 0 Å². The minimum absolute atomic E-state index is 0.287. The third kappa shape index (κ3) is 2.82. The maximum Gasteiger partial charge on any atom is 0.363 e. The van der Waals surface area contributed by atoms with Crippen molar-refractivity contribution in [1.29, 1.82) is 0 Å². The zero-order chi connectivity index (χ0) is 16.5. The number of hydrogen-bond acceptors (Lipinski definition) is 3. The molecule has 4 rings (SSSR count). The van der Waals surface area contributed by atoms with E-state index in [4.69, 9.17) is 16.3 Å². The van der Waals surface area contributed by atoms with Crippen molar-refractivity contribution in [3.63, 3.8) is 0 Å². The summed E-state index contributed by atoms with van der Waals surface area (Å²) < 4.78 is 5.26. The first kappa shape index (κ1) is 14.7. The normalized spacial score (nSPS) is 15.6. The number of carbonyl (C=O) groups excluding carboxylic acids is 1. The van der Waals surface area contributed by atoms with E-state index in [0.717, 1.165) is 21.9 Å². The molecule has 0 N–H and O–H groups in total. The molecule has 0 spiro atoms. The van der Waals surface area contributed by atoms with E-state index in [0.29, 0.717) is 10.9 Å². The predicted octanol–water partition coefficient (Wildman–Crippen LogP) is 4.84. The topological polar surface area (TPSA) is 38.7 Å². The van der Waals surface area contributed by atoms with Crippen LogP contribution in [0.3, 0.4) is 0 Å². The second kappa shape index (κ2) is 5.95. The number of carbonyl (C=O) groups is 1. The Morgan fingerprint density at radius 2 is 1.67 bits per heavy atom. The zero-order valence-electron chi connectivity index (χ0n) is 12.6. The monoisotopic (exact) mass is 333 g/mol. The summed E-state index contributed by atoms with van der Waals surface area (Å²) in [6.07, 6.45) is 1.73. The third-order valence-corrected chi connectivity index (χ3v) is 4.04. The highest BCUT2D eigenvalue weighted by Crippen LogP contribution is 2.22. The van der Waals surface area contributed by atoms with E-state index in [2.05, 4.69) is 4.99 Å². The van der Waals surface area contributed by atoms with Crippen LogP contribution in [0.25, 0.3) is 16.8 Å². The largest absolute Gasteiger partial charge is 0.402 e. The fraction of sp³-hybridized carbons (Fsp3) is 0. The minimum Gasteiger partial charge on any atom is -0.402 e. The maximum atomic E-state index is 12.1. The molecule has 24 heavy (non-hydrogen) atoms. The molecule has 3 aromatic rings. The van der Waals surface area contributed by atoms with Gasteiger partial charge in [-0.1, -0.05) is 48.0 Å². The van der Waals surface area contributed by atoms with Crippen LogP contribution in [-0.4, -0.2) is 11.9 Å².